The minimum absolute atomic E-state index is 0.158. The summed E-state index contributed by atoms with van der Waals surface area (Å²) in [4.78, 5) is 0. The summed E-state index contributed by atoms with van der Waals surface area (Å²) in [7, 11) is -0.981. The summed E-state index contributed by atoms with van der Waals surface area (Å²) in [6.07, 6.45) is 0.791. The van der Waals surface area contributed by atoms with Crippen LogP contribution >= 0.6 is 0 Å². The highest BCUT2D eigenvalue weighted by Gasteiger charge is 2.24. The maximum absolute atomic E-state index is 13.9. The molecule has 0 radical (unpaired) electrons. The van der Waals surface area contributed by atoms with Gasteiger partial charge in [0.15, 0.2) is 0 Å². The van der Waals surface area contributed by atoms with Gasteiger partial charge >= 0.3 is 0 Å². The maximum atomic E-state index is 13.9. The van der Waals surface area contributed by atoms with Gasteiger partial charge in [-0.3, -0.25) is 4.21 Å². The van der Waals surface area contributed by atoms with Crippen molar-refractivity contribution >= 4 is 10.8 Å². The second-order valence-electron chi connectivity index (χ2n) is 4.84. The lowest BCUT2D eigenvalue weighted by atomic mass is 10.0. The molecule has 5 heteroatoms. The van der Waals surface area contributed by atoms with Crippen molar-refractivity contribution in [2.24, 2.45) is 0 Å². The van der Waals surface area contributed by atoms with E-state index in [1.807, 2.05) is 6.92 Å². The Hall–Kier alpha value is -0.810. The Morgan fingerprint density at radius 2 is 2.06 bits per heavy atom. The fourth-order valence-corrected chi connectivity index (χ4v) is 3.59. The molecule has 1 saturated heterocycles. The highest BCUT2D eigenvalue weighted by molar-refractivity contribution is 7.85. The SMILES string of the molecule is Cc1cc(F)c(C2CS(=O)CCC(C)N2)cc1F. The van der Waals surface area contributed by atoms with Crippen LogP contribution in [0.25, 0.3) is 0 Å². The Morgan fingerprint density at radius 1 is 1.33 bits per heavy atom. The first kappa shape index (κ1) is 13.6. The zero-order chi connectivity index (χ0) is 13.3. The first-order valence-corrected chi connectivity index (χ1v) is 7.52. The van der Waals surface area contributed by atoms with Gasteiger partial charge in [0.2, 0.25) is 0 Å². The van der Waals surface area contributed by atoms with Gasteiger partial charge in [-0.25, -0.2) is 8.78 Å². The van der Waals surface area contributed by atoms with E-state index in [9.17, 15) is 13.0 Å². The number of hydrogen-bond acceptors (Lipinski definition) is 2. The summed E-state index contributed by atoms with van der Waals surface area (Å²) >= 11 is 0. The molecule has 3 atom stereocenters. The first-order valence-electron chi connectivity index (χ1n) is 6.04. The van der Waals surface area contributed by atoms with Crippen LogP contribution in [0.1, 0.15) is 30.5 Å². The molecule has 0 bridgehead atoms. The third-order valence-corrected chi connectivity index (χ3v) is 4.67. The highest BCUT2D eigenvalue weighted by Crippen LogP contribution is 2.24. The number of benzene rings is 1. The van der Waals surface area contributed by atoms with E-state index in [2.05, 4.69) is 5.32 Å². The molecule has 0 aliphatic carbocycles. The van der Waals surface area contributed by atoms with E-state index in [0.29, 0.717) is 17.1 Å². The second kappa shape index (κ2) is 5.45. The summed E-state index contributed by atoms with van der Waals surface area (Å²) in [5.41, 5.74) is 0.569. The Kier molecular flexibility index (Phi) is 4.12. The lowest BCUT2D eigenvalue weighted by Crippen LogP contribution is -2.31. The molecule has 1 fully saturated rings. The third kappa shape index (κ3) is 2.95. The first-order chi connectivity index (χ1) is 8.47. The normalized spacial score (nSPS) is 29.0. The monoisotopic (exact) mass is 273 g/mol. The van der Waals surface area contributed by atoms with E-state index >= 15 is 0 Å². The minimum Gasteiger partial charge on any atom is -0.307 e. The molecule has 1 aromatic rings. The van der Waals surface area contributed by atoms with Gasteiger partial charge in [0.1, 0.15) is 11.6 Å². The van der Waals surface area contributed by atoms with E-state index in [-0.39, 0.29) is 17.6 Å². The second-order valence-corrected chi connectivity index (χ2v) is 6.46. The molecule has 0 aromatic heterocycles. The molecular weight excluding hydrogens is 256 g/mol. The molecular formula is C13H17F2NOS. The van der Waals surface area contributed by atoms with Crippen molar-refractivity contribution in [3.63, 3.8) is 0 Å². The number of halogens is 2. The summed E-state index contributed by atoms with van der Waals surface area (Å²) < 4.78 is 39.2. The van der Waals surface area contributed by atoms with Crippen molar-refractivity contribution in [2.75, 3.05) is 11.5 Å². The van der Waals surface area contributed by atoms with Crippen LogP contribution in [-0.4, -0.2) is 21.8 Å². The number of aryl methyl sites for hydroxylation is 1. The van der Waals surface area contributed by atoms with Gasteiger partial charge < -0.3 is 5.32 Å². The van der Waals surface area contributed by atoms with Gasteiger partial charge in [-0.1, -0.05) is 0 Å². The summed E-state index contributed by atoms with van der Waals surface area (Å²) in [5.74, 6) is 0.0955. The molecule has 0 spiro atoms. The number of nitrogens with one attached hydrogen (secondary N) is 1. The van der Waals surface area contributed by atoms with Gasteiger partial charge in [0.25, 0.3) is 0 Å². The van der Waals surface area contributed by atoms with Crippen LogP contribution in [0.4, 0.5) is 8.78 Å². The molecule has 1 aliphatic rings. The minimum atomic E-state index is -0.981. The largest absolute Gasteiger partial charge is 0.307 e. The fourth-order valence-electron chi connectivity index (χ4n) is 2.16. The van der Waals surface area contributed by atoms with Gasteiger partial charge in [-0.05, 0) is 38.0 Å². The lowest BCUT2D eigenvalue weighted by molar-refractivity contribution is 0.463. The fraction of sp³-hybridized carbons (Fsp3) is 0.538. The van der Waals surface area contributed by atoms with Crippen LogP contribution < -0.4 is 5.32 Å². The predicted molar refractivity (Wildman–Crippen MR) is 68.9 cm³/mol. The maximum Gasteiger partial charge on any atom is 0.128 e. The molecule has 1 aromatic carbocycles. The lowest BCUT2D eigenvalue weighted by Gasteiger charge is -2.20. The molecule has 1 aliphatic heterocycles. The van der Waals surface area contributed by atoms with Crippen LogP contribution in [-0.2, 0) is 10.8 Å². The van der Waals surface area contributed by atoms with Crippen molar-refractivity contribution in [1.82, 2.24) is 5.32 Å². The molecule has 100 valence electrons. The highest BCUT2D eigenvalue weighted by atomic mass is 32.2. The summed E-state index contributed by atoms with van der Waals surface area (Å²) in [5, 5.41) is 3.21. The zero-order valence-corrected chi connectivity index (χ0v) is 11.3. The Balaban J connectivity index is 2.34. The van der Waals surface area contributed by atoms with E-state index in [1.54, 1.807) is 0 Å². The van der Waals surface area contributed by atoms with Gasteiger partial charge in [-0.2, -0.15) is 0 Å². The topological polar surface area (TPSA) is 29.1 Å². The van der Waals surface area contributed by atoms with E-state index < -0.39 is 22.4 Å². The van der Waals surface area contributed by atoms with E-state index in [1.165, 1.54) is 19.1 Å². The van der Waals surface area contributed by atoms with Crippen molar-refractivity contribution < 1.29 is 13.0 Å². The van der Waals surface area contributed by atoms with Crippen molar-refractivity contribution in [1.29, 1.82) is 0 Å². The quantitative estimate of drug-likeness (QED) is 0.851. The Morgan fingerprint density at radius 3 is 2.78 bits per heavy atom. The van der Waals surface area contributed by atoms with Gasteiger partial charge in [0.05, 0.1) is 0 Å². The van der Waals surface area contributed by atoms with Crippen LogP contribution in [0.15, 0.2) is 12.1 Å². The molecule has 3 unspecified atom stereocenters. The molecule has 2 rings (SSSR count). The van der Waals surface area contributed by atoms with Crippen molar-refractivity contribution in [3.8, 4) is 0 Å². The Labute approximate surface area is 108 Å². The Bertz CT molecular complexity index is 478. The average Bonchev–Trinajstić information content (AvgIpc) is 2.46. The van der Waals surface area contributed by atoms with Gasteiger partial charge in [0, 0.05) is 40.0 Å². The van der Waals surface area contributed by atoms with Crippen molar-refractivity contribution in [2.45, 2.75) is 32.4 Å². The van der Waals surface area contributed by atoms with Crippen molar-refractivity contribution in [3.05, 3.63) is 34.9 Å². The summed E-state index contributed by atoms with van der Waals surface area (Å²) in [6, 6.07) is 2.20. The summed E-state index contributed by atoms with van der Waals surface area (Å²) in [6.45, 7) is 3.50. The molecule has 2 nitrogen and oxygen atoms in total. The number of hydrogen-bond donors (Lipinski definition) is 1. The average molecular weight is 273 g/mol. The predicted octanol–water partition coefficient (Wildman–Crippen LogP) is 2.44. The number of rotatable bonds is 1. The molecule has 1 N–H and O–H groups in total. The molecule has 1 heterocycles. The smallest absolute Gasteiger partial charge is 0.128 e. The van der Waals surface area contributed by atoms with Crippen LogP contribution in [0, 0.1) is 18.6 Å². The molecule has 0 saturated carbocycles. The third-order valence-electron chi connectivity index (χ3n) is 3.27. The van der Waals surface area contributed by atoms with Crippen LogP contribution in [0.3, 0.4) is 0 Å². The molecule has 0 amide bonds. The van der Waals surface area contributed by atoms with Crippen LogP contribution in [0.5, 0.6) is 0 Å². The molecule has 18 heavy (non-hydrogen) atoms. The van der Waals surface area contributed by atoms with E-state index in [4.69, 9.17) is 0 Å². The van der Waals surface area contributed by atoms with E-state index in [0.717, 1.165) is 6.42 Å². The van der Waals surface area contributed by atoms with Gasteiger partial charge in [-0.15, -0.1) is 0 Å². The zero-order valence-electron chi connectivity index (χ0n) is 10.5. The standard InChI is InChI=1S/C13H17F2NOS/c1-8-5-12(15)10(6-11(8)14)13-7-18(17)4-3-9(2)16-13/h5-6,9,13,16H,3-4,7H2,1-2H3. The van der Waals surface area contributed by atoms with Crippen LogP contribution in [0.2, 0.25) is 0 Å².